The van der Waals surface area contributed by atoms with Gasteiger partial charge in [-0.25, -0.2) is 13.1 Å². The highest BCUT2D eigenvalue weighted by Crippen LogP contribution is 2.26. The van der Waals surface area contributed by atoms with Crippen molar-refractivity contribution in [2.24, 2.45) is 11.8 Å². The van der Waals surface area contributed by atoms with Crippen LogP contribution in [-0.2, 0) is 23.1 Å². The number of rotatable bonds is 7. The number of likely N-dealkylation sites (tertiary alicyclic amines) is 1. The molecule has 2 heterocycles. The summed E-state index contributed by atoms with van der Waals surface area (Å²) >= 11 is 0. The quantitative estimate of drug-likeness (QED) is 0.802. The van der Waals surface area contributed by atoms with Crippen molar-refractivity contribution >= 4 is 10.0 Å². The number of nitrogens with zero attached hydrogens (tertiary/aromatic N) is 3. The Morgan fingerprint density at radius 1 is 1.19 bits per heavy atom. The first-order chi connectivity index (χ1) is 12.3. The van der Waals surface area contributed by atoms with Gasteiger partial charge in [-0.15, -0.1) is 0 Å². The molecule has 0 amide bonds. The molecule has 2 atom stereocenters. The maximum absolute atomic E-state index is 11.7. The predicted molar refractivity (Wildman–Crippen MR) is 103 cm³/mol. The number of hydrogen-bond acceptors (Lipinski definition) is 4. The van der Waals surface area contributed by atoms with Crippen molar-refractivity contribution in [3.05, 3.63) is 53.9 Å². The van der Waals surface area contributed by atoms with Gasteiger partial charge in [0.15, 0.2) is 0 Å². The summed E-state index contributed by atoms with van der Waals surface area (Å²) in [4.78, 5) is 2.35. The Labute approximate surface area is 156 Å². The van der Waals surface area contributed by atoms with Gasteiger partial charge >= 0.3 is 0 Å². The number of hydrogen-bond donors (Lipinski definition) is 1. The molecule has 3 rings (SSSR count). The van der Waals surface area contributed by atoms with Crippen molar-refractivity contribution in [3.63, 3.8) is 0 Å². The summed E-state index contributed by atoms with van der Waals surface area (Å²) in [5.74, 6) is 0.766. The van der Waals surface area contributed by atoms with E-state index in [4.69, 9.17) is 0 Å². The van der Waals surface area contributed by atoms with E-state index in [-0.39, 0.29) is 6.04 Å². The van der Waals surface area contributed by atoms with Crippen molar-refractivity contribution < 1.29 is 8.42 Å². The second-order valence-electron chi connectivity index (χ2n) is 7.62. The molecule has 1 fully saturated rings. The van der Waals surface area contributed by atoms with Gasteiger partial charge in [-0.2, -0.15) is 5.10 Å². The maximum atomic E-state index is 11.7. The van der Waals surface area contributed by atoms with E-state index >= 15 is 0 Å². The van der Waals surface area contributed by atoms with E-state index in [0.29, 0.717) is 11.8 Å². The monoisotopic (exact) mass is 376 g/mol. The second-order valence-corrected chi connectivity index (χ2v) is 9.40. The number of sulfonamides is 1. The molecule has 1 saturated heterocycles. The third-order valence-electron chi connectivity index (χ3n) is 4.96. The standard InChI is InChI=1S/C19H28N4O2S/c1-15(2)18-13-22(14-19(18)21-26(3,24)25)11-16-6-4-7-17(10-16)12-23-9-5-8-20-23/h4-10,15,18-19,21H,11-14H2,1-3H3/t18-,19+/m0/s1. The van der Waals surface area contributed by atoms with Gasteiger partial charge < -0.3 is 0 Å². The zero-order chi connectivity index (χ0) is 18.7. The third-order valence-corrected chi connectivity index (χ3v) is 5.69. The van der Waals surface area contributed by atoms with Crippen molar-refractivity contribution in [3.8, 4) is 0 Å². The Kier molecular flexibility index (Phi) is 5.79. The van der Waals surface area contributed by atoms with Crippen LogP contribution in [0.4, 0.5) is 0 Å². The second kappa shape index (κ2) is 7.90. The first-order valence-corrected chi connectivity index (χ1v) is 10.9. The summed E-state index contributed by atoms with van der Waals surface area (Å²) in [5, 5.41) is 4.26. The lowest BCUT2D eigenvalue weighted by atomic mass is 9.92. The molecule has 142 valence electrons. The van der Waals surface area contributed by atoms with E-state index in [0.717, 1.165) is 26.2 Å². The fraction of sp³-hybridized carbons (Fsp3) is 0.526. The van der Waals surface area contributed by atoms with E-state index in [1.165, 1.54) is 17.4 Å². The lowest BCUT2D eigenvalue weighted by Gasteiger charge is -2.21. The van der Waals surface area contributed by atoms with Gasteiger partial charge in [0.25, 0.3) is 0 Å². The van der Waals surface area contributed by atoms with Gasteiger partial charge in [-0.05, 0) is 29.0 Å². The number of aromatic nitrogens is 2. The van der Waals surface area contributed by atoms with Crippen LogP contribution in [0.3, 0.4) is 0 Å². The Hall–Kier alpha value is -1.70. The fourth-order valence-electron chi connectivity index (χ4n) is 3.78. The van der Waals surface area contributed by atoms with E-state index < -0.39 is 10.0 Å². The Morgan fingerprint density at radius 3 is 2.54 bits per heavy atom. The molecule has 1 aromatic heterocycles. The normalized spacial score (nSPS) is 21.5. The molecular weight excluding hydrogens is 348 g/mol. The minimum atomic E-state index is -3.19. The van der Waals surface area contributed by atoms with Crippen molar-refractivity contribution in [2.75, 3.05) is 19.3 Å². The highest BCUT2D eigenvalue weighted by atomic mass is 32.2. The average Bonchev–Trinajstić information content (AvgIpc) is 3.16. The highest BCUT2D eigenvalue weighted by molar-refractivity contribution is 7.88. The van der Waals surface area contributed by atoms with Gasteiger partial charge in [0.05, 0.1) is 12.8 Å². The molecule has 0 saturated carbocycles. The molecule has 0 aliphatic carbocycles. The molecular formula is C19H28N4O2S. The molecule has 6 nitrogen and oxygen atoms in total. The zero-order valence-electron chi connectivity index (χ0n) is 15.7. The molecule has 0 bridgehead atoms. The van der Waals surface area contributed by atoms with Crippen LogP contribution in [0.15, 0.2) is 42.7 Å². The molecule has 0 radical (unpaired) electrons. The van der Waals surface area contributed by atoms with Gasteiger partial charge in [0, 0.05) is 38.1 Å². The van der Waals surface area contributed by atoms with Gasteiger partial charge in [0.1, 0.15) is 0 Å². The van der Waals surface area contributed by atoms with Crippen molar-refractivity contribution in [1.29, 1.82) is 0 Å². The van der Waals surface area contributed by atoms with Gasteiger partial charge in [0.2, 0.25) is 10.0 Å². The molecule has 2 aromatic rings. The molecule has 0 unspecified atom stereocenters. The topological polar surface area (TPSA) is 67.2 Å². The molecule has 1 aromatic carbocycles. The Balaban J connectivity index is 1.67. The molecule has 1 N–H and O–H groups in total. The summed E-state index contributed by atoms with van der Waals surface area (Å²) in [5.41, 5.74) is 2.47. The first-order valence-electron chi connectivity index (χ1n) is 9.05. The van der Waals surface area contributed by atoms with E-state index in [2.05, 4.69) is 52.8 Å². The maximum Gasteiger partial charge on any atom is 0.209 e. The predicted octanol–water partition coefficient (Wildman–Crippen LogP) is 1.94. The SMILES string of the molecule is CC(C)[C@@H]1CN(Cc2cccc(Cn3cccn3)c2)C[C@H]1NS(C)(=O)=O. The van der Waals surface area contributed by atoms with Gasteiger partial charge in [-0.3, -0.25) is 9.58 Å². The molecule has 1 aliphatic rings. The molecule has 7 heteroatoms. The summed E-state index contributed by atoms with van der Waals surface area (Å²) in [6.07, 6.45) is 4.99. The highest BCUT2D eigenvalue weighted by Gasteiger charge is 2.36. The fourth-order valence-corrected chi connectivity index (χ4v) is 4.58. The van der Waals surface area contributed by atoms with Crippen LogP contribution in [0, 0.1) is 11.8 Å². The largest absolute Gasteiger partial charge is 0.297 e. The zero-order valence-corrected chi connectivity index (χ0v) is 16.5. The smallest absolute Gasteiger partial charge is 0.209 e. The minimum Gasteiger partial charge on any atom is -0.297 e. The van der Waals surface area contributed by atoms with Crippen LogP contribution < -0.4 is 4.72 Å². The van der Waals surface area contributed by atoms with Gasteiger partial charge in [-0.1, -0.05) is 38.1 Å². The van der Waals surface area contributed by atoms with Crippen LogP contribution in [0.25, 0.3) is 0 Å². The van der Waals surface area contributed by atoms with Crippen molar-refractivity contribution in [2.45, 2.75) is 33.0 Å². The first kappa shape index (κ1) is 19.1. The Morgan fingerprint density at radius 2 is 1.92 bits per heavy atom. The Bertz CT molecular complexity index is 818. The van der Waals surface area contributed by atoms with E-state index in [9.17, 15) is 8.42 Å². The van der Waals surface area contributed by atoms with E-state index in [1.54, 1.807) is 6.20 Å². The average molecular weight is 377 g/mol. The summed E-state index contributed by atoms with van der Waals surface area (Å²) in [7, 11) is -3.19. The lowest BCUT2D eigenvalue weighted by Crippen LogP contribution is -2.41. The molecule has 1 aliphatic heterocycles. The van der Waals surface area contributed by atoms with Crippen molar-refractivity contribution in [1.82, 2.24) is 19.4 Å². The van der Waals surface area contributed by atoms with E-state index in [1.807, 2.05) is 16.9 Å². The lowest BCUT2D eigenvalue weighted by molar-refractivity contribution is 0.296. The molecule has 0 spiro atoms. The summed E-state index contributed by atoms with van der Waals surface area (Å²) in [6, 6.07) is 10.4. The minimum absolute atomic E-state index is 0.0164. The van der Waals surface area contributed by atoms with Crippen LogP contribution >= 0.6 is 0 Å². The van der Waals surface area contributed by atoms with Crippen LogP contribution in [0.2, 0.25) is 0 Å². The third kappa shape index (κ3) is 5.16. The summed E-state index contributed by atoms with van der Waals surface area (Å²) in [6.45, 7) is 7.57. The molecule has 26 heavy (non-hydrogen) atoms. The summed E-state index contributed by atoms with van der Waals surface area (Å²) < 4.78 is 28.1. The van der Waals surface area contributed by atoms with Crippen LogP contribution in [0.1, 0.15) is 25.0 Å². The number of nitrogens with one attached hydrogen (secondary N) is 1. The van der Waals surface area contributed by atoms with Crippen LogP contribution in [-0.4, -0.2) is 48.5 Å². The number of benzene rings is 1. The van der Waals surface area contributed by atoms with Crippen LogP contribution in [0.5, 0.6) is 0 Å².